The summed E-state index contributed by atoms with van der Waals surface area (Å²) in [7, 11) is -3.84. The summed E-state index contributed by atoms with van der Waals surface area (Å²) in [6.07, 6.45) is 1.60. The number of rotatable bonds is 3. The number of halogens is 1. The third-order valence-corrected chi connectivity index (χ3v) is 5.90. The molecule has 20 heavy (non-hydrogen) atoms. The fourth-order valence-corrected chi connectivity index (χ4v) is 4.64. The van der Waals surface area contributed by atoms with Crippen LogP contribution in [0.25, 0.3) is 10.9 Å². The summed E-state index contributed by atoms with van der Waals surface area (Å²) in [6, 6.07) is 12.0. The van der Waals surface area contributed by atoms with Crippen molar-refractivity contribution in [1.29, 1.82) is 0 Å². The minimum Gasteiger partial charge on any atom is -0.376 e. The molecule has 1 aromatic carbocycles. The van der Waals surface area contributed by atoms with Crippen LogP contribution in [0.5, 0.6) is 5.75 Å². The summed E-state index contributed by atoms with van der Waals surface area (Å²) in [4.78, 5) is 4.17. The molecular formula is C13H8BrNO3S2. The Morgan fingerprint density at radius 2 is 1.90 bits per heavy atom. The molecule has 3 rings (SSSR count). The lowest BCUT2D eigenvalue weighted by Gasteiger charge is -2.07. The number of pyridine rings is 1. The fraction of sp³-hybridized carbons (Fsp3) is 0. The van der Waals surface area contributed by atoms with Gasteiger partial charge in [-0.2, -0.15) is 8.42 Å². The summed E-state index contributed by atoms with van der Waals surface area (Å²) in [5, 5.41) is 0.826. The molecule has 0 unspecified atom stereocenters. The van der Waals surface area contributed by atoms with Crippen LogP contribution in [0.2, 0.25) is 0 Å². The van der Waals surface area contributed by atoms with E-state index in [9.17, 15) is 8.42 Å². The van der Waals surface area contributed by atoms with Crippen LogP contribution in [0.4, 0.5) is 0 Å². The lowest BCUT2D eigenvalue weighted by Crippen LogP contribution is -2.08. The minimum absolute atomic E-state index is 0.150. The molecule has 0 bridgehead atoms. The number of para-hydroxylation sites is 1. The van der Waals surface area contributed by atoms with Crippen LogP contribution in [-0.2, 0) is 10.1 Å². The first kappa shape index (κ1) is 13.5. The van der Waals surface area contributed by atoms with Gasteiger partial charge in [0.15, 0.2) is 9.96 Å². The largest absolute Gasteiger partial charge is 0.376 e. The third-order valence-electron chi connectivity index (χ3n) is 2.59. The standard InChI is InChI=1S/C13H8BrNO3S2/c14-11-6-7-12(19-11)20(16,17)18-10-5-1-3-9-4-2-8-15-13(9)10/h1-8H. The smallest absolute Gasteiger partial charge is 0.348 e. The fourth-order valence-electron chi connectivity index (χ4n) is 1.73. The van der Waals surface area contributed by atoms with Gasteiger partial charge in [-0.05, 0) is 40.2 Å². The number of hydrogen-bond donors (Lipinski definition) is 0. The monoisotopic (exact) mass is 369 g/mol. The zero-order valence-electron chi connectivity index (χ0n) is 9.99. The topological polar surface area (TPSA) is 56.3 Å². The van der Waals surface area contributed by atoms with Crippen LogP contribution in [0.3, 0.4) is 0 Å². The van der Waals surface area contributed by atoms with E-state index in [4.69, 9.17) is 4.18 Å². The van der Waals surface area contributed by atoms with Crippen molar-refractivity contribution in [3.8, 4) is 5.75 Å². The summed E-state index contributed by atoms with van der Waals surface area (Å²) < 4.78 is 30.5. The second kappa shape index (κ2) is 5.16. The highest BCUT2D eigenvalue weighted by molar-refractivity contribution is 9.11. The maximum absolute atomic E-state index is 12.2. The van der Waals surface area contributed by atoms with E-state index in [1.807, 2.05) is 12.1 Å². The zero-order chi connectivity index (χ0) is 14.2. The Hall–Kier alpha value is -1.44. The van der Waals surface area contributed by atoms with Crippen molar-refractivity contribution in [2.75, 3.05) is 0 Å². The number of nitrogens with zero attached hydrogens (tertiary/aromatic N) is 1. The highest BCUT2D eigenvalue weighted by Crippen LogP contribution is 2.30. The molecule has 0 aliphatic heterocycles. The van der Waals surface area contributed by atoms with Crippen LogP contribution < -0.4 is 4.18 Å². The van der Waals surface area contributed by atoms with Gasteiger partial charge in [-0.25, -0.2) is 0 Å². The summed E-state index contributed by atoms with van der Waals surface area (Å²) >= 11 is 4.34. The Bertz CT molecular complexity index is 869. The van der Waals surface area contributed by atoms with Crippen LogP contribution in [0, 0.1) is 0 Å². The molecule has 0 aliphatic rings. The summed E-state index contributed by atoms with van der Waals surface area (Å²) in [5.74, 6) is 0.229. The van der Waals surface area contributed by atoms with E-state index < -0.39 is 10.1 Å². The van der Waals surface area contributed by atoms with E-state index in [1.165, 1.54) is 6.07 Å². The van der Waals surface area contributed by atoms with Crippen molar-refractivity contribution < 1.29 is 12.6 Å². The maximum atomic E-state index is 12.2. The van der Waals surface area contributed by atoms with Gasteiger partial charge in [-0.1, -0.05) is 18.2 Å². The normalized spacial score (nSPS) is 11.7. The number of thiophene rings is 1. The van der Waals surface area contributed by atoms with E-state index in [0.29, 0.717) is 5.52 Å². The Morgan fingerprint density at radius 3 is 2.65 bits per heavy atom. The molecule has 0 radical (unpaired) electrons. The van der Waals surface area contributed by atoms with E-state index >= 15 is 0 Å². The molecule has 0 saturated heterocycles. The van der Waals surface area contributed by atoms with Gasteiger partial charge < -0.3 is 4.18 Å². The molecule has 2 aromatic heterocycles. The molecule has 3 aromatic rings. The van der Waals surface area contributed by atoms with Gasteiger partial charge in [-0.3, -0.25) is 4.98 Å². The number of benzene rings is 1. The third kappa shape index (κ3) is 2.56. The maximum Gasteiger partial charge on any atom is 0.348 e. The molecule has 0 spiro atoms. The molecule has 0 fully saturated rings. The second-order valence-electron chi connectivity index (χ2n) is 3.93. The summed E-state index contributed by atoms with van der Waals surface area (Å²) in [6.45, 7) is 0. The lowest BCUT2D eigenvalue weighted by atomic mass is 10.2. The minimum atomic E-state index is -3.84. The van der Waals surface area contributed by atoms with Crippen LogP contribution in [-0.4, -0.2) is 13.4 Å². The van der Waals surface area contributed by atoms with Crippen molar-refractivity contribution in [1.82, 2.24) is 4.98 Å². The van der Waals surface area contributed by atoms with Gasteiger partial charge >= 0.3 is 10.1 Å². The van der Waals surface area contributed by atoms with Crippen molar-refractivity contribution >= 4 is 48.3 Å². The Morgan fingerprint density at radius 1 is 1.10 bits per heavy atom. The first-order chi connectivity index (χ1) is 9.56. The highest BCUT2D eigenvalue weighted by Gasteiger charge is 2.20. The molecular weight excluding hydrogens is 362 g/mol. The van der Waals surface area contributed by atoms with Gasteiger partial charge in [0.2, 0.25) is 0 Å². The predicted octanol–water partition coefficient (Wildman–Crippen LogP) is 3.83. The molecule has 4 nitrogen and oxygen atoms in total. The number of aromatic nitrogens is 1. The predicted molar refractivity (Wildman–Crippen MR) is 81.6 cm³/mol. The Labute approximate surface area is 128 Å². The highest BCUT2D eigenvalue weighted by atomic mass is 79.9. The van der Waals surface area contributed by atoms with Crippen molar-refractivity contribution in [2.24, 2.45) is 0 Å². The van der Waals surface area contributed by atoms with Gasteiger partial charge in [0, 0.05) is 11.6 Å². The quantitative estimate of drug-likeness (QED) is 0.658. The van der Waals surface area contributed by atoms with Gasteiger partial charge in [0.05, 0.1) is 3.79 Å². The van der Waals surface area contributed by atoms with E-state index in [0.717, 1.165) is 20.5 Å². The molecule has 0 atom stereocenters. The van der Waals surface area contributed by atoms with E-state index in [1.54, 1.807) is 30.5 Å². The number of hydrogen-bond acceptors (Lipinski definition) is 5. The molecule has 102 valence electrons. The van der Waals surface area contributed by atoms with E-state index in [2.05, 4.69) is 20.9 Å². The Kier molecular flexibility index (Phi) is 3.49. The van der Waals surface area contributed by atoms with Gasteiger partial charge in [0.25, 0.3) is 0 Å². The first-order valence-electron chi connectivity index (χ1n) is 5.60. The molecule has 0 aliphatic carbocycles. The molecule has 0 N–H and O–H groups in total. The molecule has 0 amide bonds. The van der Waals surface area contributed by atoms with Crippen molar-refractivity contribution in [3.05, 3.63) is 52.4 Å². The molecule has 7 heteroatoms. The molecule has 0 saturated carbocycles. The Balaban J connectivity index is 2.05. The van der Waals surface area contributed by atoms with Crippen molar-refractivity contribution in [2.45, 2.75) is 4.21 Å². The van der Waals surface area contributed by atoms with Gasteiger partial charge in [-0.15, -0.1) is 11.3 Å². The van der Waals surface area contributed by atoms with Gasteiger partial charge in [0.1, 0.15) is 5.52 Å². The van der Waals surface area contributed by atoms with E-state index in [-0.39, 0.29) is 9.96 Å². The lowest BCUT2D eigenvalue weighted by molar-refractivity contribution is 0.490. The number of fused-ring (bicyclic) bond motifs is 1. The average Bonchev–Trinajstić information content (AvgIpc) is 2.86. The first-order valence-corrected chi connectivity index (χ1v) is 8.62. The SMILES string of the molecule is O=S(=O)(Oc1cccc2cccnc12)c1ccc(Br)s1. The average molecular weight is 370 g/mol. The van der Waals surface area contributed by atoms with Crippen molar-refractivity contribution in [3.63, 3.8) is 0 Å². The zero-order valence-corrected chi connectivity index (χ0v) is 13.2. The van der Waals surface area contributed by atoms with Crippen LogP contribution in [0.15, 0.2) is 56.7 Å². The summed E-state index contributed by atoms with van der Waals surface area (Å²) in [5.41, 5.74) is 0.522. The molecule has 2 heterocycles. The van der Waals surface area contributed by atoms with Crippen LogP contribution >= 0.6 is 27.3 Å². The second-order valence-corrected chi connectivity index (χ2v) is 8.16. The van der Waals surface area contributed by atoms with Crippen LogP contribution in [0.1, 0.15) is 0 Å².